The van der Waals surface area contributed by atoms with Gasteiger partial charge in [0.05, 0.1) is 7.11 Å². The van der Waals surface area contributed by atoms with Crippen molar-refractivity contribution in [1.29, 1.82) is 0 Å². The lowest BCUT2D eigenvalue weighted by Crippen LogP contribution is -2.35. The standard InChI is InChI=1S/C10H18N4O2S/c1-7-12-13-10(14(7)3)17-6-5-8(11-2)9(15)16-4/h8,11H,5-6H2,1-4H3. The second-order valence-corrected chi connectivity index (χ2v) is 4.65. The molecule has 17 heavy (non-hydrogen) atoms. The highest BCUT2D eigenvalue weighted by Crippen LogP contribution is 2.17. The smallest absolute Gasteiger partial charge is 0.322 e. The normalized spacial score (nSPS) is 12.5. The number of hydrogen-bond acceptors (Lipinski definition) is 6. The van der Waals surface area contributed by atoms with E-state index in [1.165, 1.54) is 7.11 Å². The predicted octanol–water partition coefficient (Wildman–Crippen LogP) is 0.367. The third kappa shape index (κ3) is 3.71. The number of methoxy groups -OCH3 is 1. The molecule has 0 aromatic carbocycles. The number of esters is 1. The van der Waals surface area contributed by atoms with Crippen molar-refractivity contribution in [3.05, 3.63) is 5.82 Å². The van der Waals surface area contributed by atoms with Crippen LogP contribution < -0.4 is 5.32 Å². The zero-order chi connectivity index (χ0) is 12.8. The van der Waals surface area contributed by atoms with E-state index < -0.39 is 0 Å². The number of carbonyl (C=O) groups is 1. The summed E-state index contributed by atoms with van der Waals surface area (Å²) in [6.45, 7) is 1.90. The van der Waals surface area contributed by atoms with Gasteiger partial charge in [0.1, 0.15) is 11.9 Å². The molecule has 1 atom stereocenters. The maximum absolute atomic E-state index is 11.3. The molecule has 1 unspecified atom stereocenters. The lowest BCUT2D eigenvalue weighted by Gasteiger charge is -2.12. The van der Waals surface area contributed by atoms with E-state index in [2.05, 4.69) is 20.3 Å². The van der Waals surface area contributed by atoms with Gasteiger partial charge in [0.25, 0.3) is 0 Å². The van der Waals surface area contributed by atoms with Gasteiger partial charge in [0, 0.05) is 12.8 Å². The van der Waals surface area contributed by atoms with Crippen LogP contribution in [0.2, 0.25) is 0 Å². The Morgan fingerprint density at radius 3 is 2.76 bits per heavy atom. The summed E-state index contributed by atoms with van der Waals surface area (Å²) in [5.74, 6) is 1.43. The fourth-order valence-electron chi connectivity index (χ4n) is 1.30. The maximum Gasteiger partial charge on any atom is 0.322 e. The Bertz CT molecular complexity index is 380. The summed E-state index contributed by atoms with van der Waals surface area (Å²) in [4.78, 5) is 11.3. The van der Waals surface area contributed by atoms with E-state index in [9.17, 15) is 4.79 Å². The van der Waals surface area contributed by atoms with Crippen LogP contribution in [-0.4, -0.2) is 46.7 Å². The maximum atomic E-state index is 11.3. The molecule has 0 radical (unpaired) electrons. The van der Waals surface area contributed by atoms with Crippen molar-refractivity contribution in [3.8, 4) is 0 Å². The van der Waals surface area contributed by atoms with E-state index in [0.717, 1.165) is 16.7 Å². The second-order valence-electron chi connectivity index (χ2n) is 3.59. The predicted molar refractivity (Wildman–Crippen MR) is 65.9 cm³/mol. The SMILES string of the molecule is CNC(CCSc1nnc(C)n1C)C(=O)OC. The summed E-state index contributed by atoms with van der Waals surface area (Å²) in [6, 6.07) is -0.262. The van der Waals surface area contributed by atoms with Crippen LogP contribution >= 0.6 is 11.8 Å². The van der Waals surface area contributed by atoms with Crippen molar-refractivity contribution in [1.82, 2.24) is 20.1 Å². The average Bonchev–Trinajstić information content (AvgIpc) is 2.65. The number of likely N-dealkylation sites (N-methyl/N-ethyl adjacent to an activating group) is 1. The summed E-state index contributed by atoms with van der Waals surface area (Å²) in [6.07, 6.45) is 0.694. The fraction of sp³-hybridized carbons (Fsp3) is 0.700. The molecule has 0 saturated carbocycles. The molecular weight excluding hydrogens is 240 g/mol. The number of carbonyl (C=O) groups excluding carboxylic acids is 1. The average molecular weight is 258 g/mol. The summed E-state index contributed by atoms with van der Waals surface area (Å²) in [5.41, 5.74) is 0. The van der Waals surface area contributed by atoms with Crippen LogP contribution in [0.5, 0.6) is 0 Å². The van der Waals surface area contributed by atoms with Gasteiger partial charge in [-0.3, -0.25) is 4.79 Å². The number of ether oxygens (including phenoxy) is 1. The topological polar surface area (TPSA) is 69.0 Å². The van der Waals surface area contributed by atoms with E-state index >= 15 is 0 Å². The number of nitrogens with one attached hydrogen (secondary N) is 1. The number of nitrogens with zero attached hydrogens (tertiary/aromatic N) is 3. The van der Waals surface area contributed by atoms with Crippen molar-refractivity contribution in [2.75, 3.05) is 19.9 Å². The zero-order valence-electron chi connectivity index (χ0n) is 10.6. The number of rotatable bonds is 6. The van der Waals surface area contributed by atoms with Crippen LogP contribution in [0.25, 0.3) is 0 Å². The molecule has 1 heterocycles. The number of thioether (sulfide) groups is 1. The molecule has 0 aliphatic rings. The molecule has 0 saturated heterocycles. The van der Waals surface area contributed by atoms with Crippen LogP contribution in [0.3, 0.4) is 0 Å². The molecule has 7 heteroatoms. The van der Waals surface area contributed by atoms with Crippen molar-refractivity contribution < 1.29 is 9.53 Å². The van der Waals surface area contributed by atoms with E-state index in [1.54, 1.807) is 18.8 Å². The van der Waals surface area contributed by atoms with Crippen LogP contribution in [0.15, 0.2) is 5.16 Å². The minimum atomic E-state index is -0.262. The molecule has 0 amide bonds. The van der Waals surface area contributed by atoms with Crippen molar-refractivity contribution in [2.45, 2.75) is 24.5 Å². The van der Waals surface area contributed by atoms with E-state index in [-0.39, 0.29) is 12.0 Å². The van der Waals surface area contributed by atoms with Crippen molar-refractivity contribution in [3.63, 3.8) is 0 Å². The van der Waals surface area contributed by atoms with Crippen molar-refractivity contribution in [2.24, 2.45) is 7.05 Å². The van der Waals surface area contributed by atoms with Crippen LogP contribution in [0.4, 0.5) is 0 Å². The van der Waals surface area contributed by atoms with Gasteiger partial charge in [-0.2, -0.15) is 0 Å². The molecule has 96 valence electrons. The first-order valence-corrected chi connectivity index (χ1v) is 6.32. The lowest BCUT2D eigenvalue weighted by atomic mass is 10.2. The summed E-state index contributed by atoms with van der Waals surface area (Å²) < 4.78 is 6.62. The molecule has 0 fully saturated rings. The molecule has 0 bridgehead atoms. The van der Waals surface area contributed by atoms with E-state index in [1.807, 2.05) is 18.5 Å². The summed E-state index contributed by atoms with van der Waals surface area (Å²) >= 11 is 1.58. The largest absolute Gasteiger partial charge is 0.468 e. The molecule has 0 aliphatic carbocycles. The van der Waals surface area contributed by atoms with Crippen LogP contribution in [-0.2, 0) is 16.6 Å². The third-order valence-electron chi connectivity index (χ3n) is 2.52. The Kier molecular flexibility index (Phi) is 5.43. The Labute approximate surface area is 105 Å². The van der Waals surface area contributed by atoms with E-state index in [4.69, 9.17) is 0 Å². The molecule has 1 aromatic heterocycles. The summed E-state index contributed by atoms with van der Waals surface area (Å²) in [5, 5.41) is 11.8. The number of hydrogen-bond donors (Lipinski definition) is 1. The van der Waals surface area contributed by atoms with Gasteiger partial charge in [0.15, 0.2) is 5.16 Å². The Morgan fingerprint density at radius 1 is 1.59 bits per heavy atom. The van der Waals surface area contributed by atoms with Crippen LogP contribution in [0, 0.1) is 6.92 Å². The molecular formula is C10H18N4O2S. The highest BCUT2D eigenvalue weighted by Gasteiger charge is 2.16. The van der Waals surface area contributed by atoms with Gasteiger partial charge in [0.2, 0.25) is 0 Å². The van der Waals surface area contributed by atoms with Gasteiger partial charge < -0.3 is 14.6 Å². The van der Waals surface area contributed by atoms with Crippen molar-refractivity contribution >= 4 is 17.7 Å². The Morgan fingerprint density at radius 2 is 2.29 bits per heavy atom. The Hall–Kier alpha value is -1.08. The first-order valence-electron chi connectivity index (χ1n) is 5.34. The number of aryl methyl sites for hydroxylation is 1. The van der Waals surface area contributed by atoms with Crippen LogP contribution in [0.1, 0.15) is 12.2 Å². The minimum Gasteiger partial charge on any atom is -0.468 e. The first-order chi connectivity index (χ1) is 8.10. The quantitative estimate of drug-likeness (QED) is 0.587. The second kappa shape index (κ2) is 6.61. The van der Waals surface area contributed by atoms with Gasteiger partial charge in [-0.05, 0) is 20.4 Å². The first kappa shape index (κ1) is 14.0. The third-order valence-corrected chi connectivity index (χ3v) is 3.58. The molecule has 1 rings (SSSR count). The van der Waals surface area contributed by atoms with Gasteiger partial charge in [-0.25, -0.2) is 0 Å². The van der Waals surface area contributed by atoms with Gasteiger partial charge >= 0.3 is 5.97 Å². The number of aromatic nitrogens is 3. The highest BCUT2D eigenvalue weighted by molar-refractivity contribution is 7.99. The molecule has 1 N–H and O–H groups in total. The van der Waals surface area contributed by atoms with Gasteiger partial charge in [-0.1, -0.05) is 11.8 Å². The lowest BCUT2D eigenvalue weighted by molar-refractivity contribution is -0.143. The van der Waals surface area contributed by atoms with Gasteiger partial charge in [-0.15, -0.1) is 10.2 Å². The molecule has 0 spiro atoms. The fourth-order valence-corrected chi connectivity index (χ4v) is 2.26. The zero-order valence-corrected chi connectivity index (χ0v) is 11.4. The van der Waals surface area contributed by atoms with E-state index in [0.29, 0.717) is 6.42 Å². The minimum absolute atomic E-state index is 0.234. The molecule has 6 nitrogen and oxygen atoms in total. The molecule has 0 aliphatic heterocycles. The molecule has 1 aromatic rings. The summed E-state index contributed by atoms with van der Waals surface area (Å²) in [7, 11) is 5.07. The monoisotopic (exact) mass is 258 g/mol. The Balaban J connectivity index is 2.41. The highest BCUT2D eigenvalue weighted by atomic mass is 32.2.